The van der Waals surface area contributed by atoms with Gasteiger partial charge < -0.3 is 4.90 Å². The predicted octanol–water partition coefficient (Wildman–Crippen LogP) is 2.73. The maximum Gasteiger partial charge on any atom is 0.234 e. The molecule has 2 fully saturated rings. The van der Waals surface area contributed by atoms with Crippen molar-refractivity contribution in [1.82, 2.24) is 4.90 Å². The molecule has 0 radical (unpaired) electrons. The summed E-state index contributed by atoms with van der Waals surface area (Å²) >= 11 is 1.76. The molecule has 1 heterocycles. The topological polar surface area (TPSA) is 20.3 Å². The normalized spacial score (nSPS) is 25.2. The molecule has 0 spiro atoms. The Morgan fingerprint density at radius 3 is 2.56 bits per heavy atom. The first-order valence-corrected chi connectivity index (χ1v) is 6.80. The Morgan fingerprint density at radius 2 is 1.94 bits per heavy atom. The summed E-state index contributed by atoms with van der Waals surface area (Å²) in [5.74, 6) is 0.966. The van der Waals surface area contributed by atoms with Gasteiger partial charge in [-0.05, 0) is 25.3 Å². The molecule has 2 aliphatic rings. The highest BCUT2D eigenvalue weighted by atomic mass is 32.2. The zero-order chi connectivity index (χ0) is 11.1. The second kappa shape index (κ2) is 3.81. The Morgan fingerprint density at radius 1 is 1.25 bits per heavy atom. The van der Waals surface area contributed by atoms with Gasteiger partial charge in [-0.15, -0.1) is 11.8 Å². The van der Waals surface area contributed by atoms with Crippen LogP contribution < -0.4 is 0 Å². The molecule has 0 N–H and O–H groups in total. The van der Waals surface area contributed by atoms with E-state index in [9.17, 15) is 4.79 Å². The number of rotatable bonds is 2. The van der Waals surface area contributed by atoms with Gasteiger partial charge in [-0.3, -0.25) is 4.79 Å². The van der Waals surface area contributed by atoms with Crippen LogP contribution in [0.1, 0.15) is 29.3 Å². The summed E-state index contributed by atoms with van der Waals surface area (Å²) in [7, 11) is 0. The van der Waals surface area contributed by atoms with E-state index in [0.717, 1.165) is 0 Å². The molecule has 1 atom stereocenters. The Labute approximate surface area is 100 Å². The minimum absolute atomic E-state index is 0.264. The van der Waals surface area contributed by atoms with Crippen molar-refractivity contribution in [2.24, 2.45) is 0 Å². The van der Waals surface area contributed by atoms with Crippen LogP contribution in [-0.4, -0.2) is 22.6 Å². The molecule has 84 valence electrons. The number of amides is 1. The quantitative estimate of drug-likeness (QED) is 0.783. The second-order valence-corrected chi connectivity index (χ2v) is 5.67. The van der Waals surface area contributed by atoms with Gasteiger partial charge in [-0.1, -0.05) is 29.8 Å². The van der Waals surface area contributed by atoms with Crippen LogP contribution in [0, 0.1) is 6.92 Å². The number of benzene rings is 1. The van der Waals surface area contributed by atoms with Gasteiger partial charge in [0.1, 0.15) is 5.37 Å². The Bertz CT molecular complexity index is 410. The number of nitrogens with zero attached hydrogens (tertiary/aromatic N) is 1. The smallest absolute Gasteiger partial charge is 0.234 e. The summed E-state index contributed by atoms with van der Waals surface area (Å²) in [5, 5.41) is 0.264. The van der Waals surface area contributed by atoms with Crippen LogP contribution in [-0.2, 0) is 4.79 Å². The summed E-state index contributed by atoms with van der Waals surface area (Å²) in [6.07, 6.45) is 2.38. The van der Waals surface area contributed by atoms with Crippen molar-refractivity contribution in [2.75, 3.05) is 5.75 Å². The first-order valence-electron chi connectivity index (χ1n) is 5.75. The highest BCUT2D eigenvalue weighted by Crippen LogP contribution is 2.45. The molecular formula is C13H15NOS. The molecule has 1 saturated heterocycles. The van der Waals surface area contributed by atoms with Gasteiger partial charge in [-0.25, -0.2) is 0 Å². The first kappa shape index (κ1) is 10.2. The van der Waals surface area contributed by atoms with E-state index in [-0.39, 0.29) is 5.37 Å². The third-order valence-corrected chi connectivity index (χ3v) is 4.44. The SMILES string of the molecule is Cc1ccc([C@H]2SCC(=O)N2C2CC2)cc1. The largest absolute Gasteiger partial charge is 0.323 e. The molecule has 1 aromatic carbocycles. The van der Waals surface area contributed by atoms with E-state index in [0.29, 0.717) is 17.7 Å². The molecule has 16 heavy (non-hydrogen) atoms. The number of carbonyl (C=O) groups is 1. The predicted molar refractivity (Wildman–Crippen MR) is 66.2 cm³/mol. The van der Waals surface area contributed by atoms with Gasteiger partial charge in [-0.2, -0.15) is 0 Å². The van der Waals surface area contributed by atoms with E-state index < -0.39 is 0 Å². The highest BCUT2D eigenvalue weighted by Gasteiger charge is 2.42. The molecule has 1 aliphatic carbocycles. The van der Waals surface area contributed by atoms with Crippen LogP contribution in [0.15, 0.2) is 24.3 Å². The fraction of sp³-hybridized carbons (Fsp3) is 0.462. The minimum Gasteiger partial charge on any atom is -0.323 e. The van der Waals surface area contributed by atoms with Crippen LogP contribution in [0.25, 0.3) is 0 Å². The Balaban J connectivity index is 1.88. The molecule has 3 heteroatoms. The molecular weight excluding hydrogens is 218 g/mol. The van der Waals surface area contributed by atoms with Crippen LogP contribution in [0.2, 0.25) is 0 Å². The number of hydrogen-bond acceptors (Lipinski definition) is 2. The summed E-state index contributed by atoms with van der Waals surface area (Å²) < 4.78 is 0. The zero-order valence-corrected chi connectivity index (χ0v) is 10.2. The van der Waals surface area contributed by atoms with E-state index in [1.165, 1.54) is 24.0 Å². The van der Waals surface area contributed by atoms with E-state index in [1.807, 2.05) is 0 Å². The lowest BCUT2D eigenvalue weighted by Crippen LogP contribution is -2.30. The third kappa shape index (κ3) is 1.73. The number of carbonyl (C=O) groups excluding carboxylic acids is 1. The van der Waals surface area contributed by atoms with Crippen molar-refractivity contribution in [2.45, 2.75) is 31.2 Å². The van der Waals surface area contributed by atoms with E-state index in [2.05, 4.69) is 36.1 Å². The summed E-state index contributed by atoms with van der Waals surface area (Å²) in [5.41, 5.74) is 2.55. The zero-order valence-electron chi connectivity index (χ0n) is 9.35. The van der Waals surface area contributed by atoms with Gasteiger partial charge in [0.25, 0.3) is 0 Å². The maximum atomic E-state index is 11.8. The molecule has 1 amide bonds. The number of thioether (sulfide) groups is 1. The monoisotopic (exact) mass is 233 g/mol. The lowest BCUT2D eigenvalue weighted by Gasteiger charge is -2.24. The molecule has 1 saturated carbocycles. The third-order valence-electron chi connectivity index (χ3n) is 3.21. The van der Waals surface area contributed by atoms with Crippen molar-refractivity contribution in [3.05, 3.63) is 35.4 Å². The molecule has 3 rings (SSSR count). The van der Waals surface area contributed by atoms with Gasteiger partial charge in [0.05, 0.1) is 5.75 Å². The fourth-order valence-electron chi connectivity index (χ4n) is 2.17. The lowest BCUT2D eigenvalue weighted by molar-refractivity contribution is -0.128. The average molecular weight is 233 g/mol. The van der Waals surface area contributed by atoms with Crippen LogP contribution >= 0.6 is 11.8 Å². The summed E-state index contributed by atoms with van der Waals surface area (Å²) in [6, 6.07) is 9.09. The van der Waals surface area contributed by atoms with Crippen molar-refractivity contribution < 1.29 is 4.79 Å². The highest BCUT2D eigenvalue weighted by molar-refractivity contribution is 8.00. The Hall–Kier alpha value is -0.960. The standard InChI is InChI=1S/C13H15NOS/c1-9-2-4-10(5-3-9)13-14(11-6-7-11)12(15)8-16-13/h2-5,11,13H,6-8H2,1H3/t13-/m1/s1. The van der Waals surface area contributed by atoms with Gasteiger partial charge in [0.15, 0.2) is 0 Å². The number of aryl methyl sites for hydroxylation is 1. The van der Waals surface area contributed by atoms with Crippen molar-refractivity contribution in [1.29, 1.82) is 0 Å². The van der Waals surface area contributed by atoms with Crippen LogP contribution in [0.5, 0.6) is 0 Å². The first-order chi connectivity index (χ1) is 7.75. The lowest BCUT2D eigenvalue weighted by atomic mass is 10.1. The molecule has 0 unspecified atom stereocenters. The van der Waals surface area contributed by atoms with Crippen LogP contribution in [0.3, 0.4) is 0 Å². The van der Waals surface area contributed by atoms with E-state index >= 15 is 0 Å². The molecule has 2 nitrogen and oxygen atoms in total. The van der Waals surface area contributed by atoms with E-state index in [1.54, 1.807) is 11.8 Å². The Kier molecular flexibility index (Phi) is 2.43. The van der Waals surface area contributed by atoms with Crippen molar-refractivity contribution in [3.63, 3.8) is 0 Å². The molecule has 0 aromatic heterocycles. The van der Waals surface area contributed by atoms with E-state index in [4.69, 9.17) is 0 Å². The van der Waals surface area contributed by atoms with Crippen molar-refractivity contribution >= 4 is 17.7 Å². The molecule has 1 aliphatic heterocycles. The number of hydrogen-bond donors (Lipinski definition) is 0. The minimum atomic E-state index is 0.264. The molecule has 1 aromatic rings. The average Bonchev–Trinajstić information content (AvgIpc) is 3.04. The molecule has 0 bridgehead atoms. The second-order valence-electron chi connectivity index (χ2n) is 4.61. The summed E-state index contributed by atoms with van der Waals surface area (Å²) in [6.45, 7) is 2.09. The van der Waals surface area contributed by atoms with Gasteiger partial charge in [0.2, 0.25) is 5.91 Å². The van der Waals surface area contributed by atoms with Crippen molar-refractivity contribution in [3.8, 4) is 0 Å². The van der Waals surface area contributed by atoms with Gasteiger partial charge >= 0.3 is 0 Å². The summed E-state index contributed by atoms with van der Waals surface area (Å²) in [4.78, 5) is 13.9. The fourth-order valence-corrected chi connectivity index (χ4v) is 3.42. The van der Waals surface area contributed by atoms with Crippen LogP contribution in [0.4, 0.5) is 0 Å². The maximum absolute atomic E-state index is 11.8. The van der Waals surface area contributed by atoms with Gasteiger partial charge in [0, 0.05) is 6.04 Å².